The van der Waals surface area contributed by atoms with Crippen molar-refractivity contribution in [2.75, 3.05) is 0 Å². The summed E-state index contributed by atoms with van der Waals surface area (Å²) in [6, 6.07) is 4.09. The highest BCUT2D eigenvalue weighted by Gasteiger charge is 2.06. The first-order valence-electron chi connectivity index (χ1n) is 3.48. The van der Waals surface area contributed by atoms with E-state index in [1.165, 1.54) is 12.1 Å². The second-order valence-corrected chi connectivity index (χ2v) is 3.28. The monoisotopic (exact) mass is 229 g/mol. The summed E-state index contributed by atoms with van der Waals surface area (Å²) in [5.74, 6) is -0.287. The maximum absolute atomic E-state index is 12.7. The molecule has 0 bridgehead atoms. The molecule has 0 saturated carbocycles. The zero-order valence-electron chi connectivity index (χ0n) is 6.43. The molecule has 0 aromatic heterocycles. The molecule has 0 spiro atoms. The number of halogens is 2. The lowest BCUT2D eigenvalue weighted by Crippen LogP contribution is -2.07. The Morgan fingerprint density at radius 2 is 2.25 bits per heavy atom. The van der Waals surface area contributed by atoms with Crippen LogP contribution in [0.2, 0.25) is 0 Å². The second kappa shape index (κ2) is 3.83. The Morgan fingerprint density at radius 1 is 1.58 bits per heavy atom. The molecular weight excluding hydrogens is 221 g/mol. The van der Waals surface area contributed by atoms with Crippen LogP contribution in [0, 0.1) is 5.82 Å². The number of benzene rings is 1. The smallest absolute Gasteiger partial charge is 0.123 e. The van der Waals surface area contributed by atoms with Crippen molar-refractivity contribution < 1.29 is 4.39 Å². The molecule has 3 heteroatoms. The summed E-state index contributed by atoms with van der Waals surface area (Å²) in [6.07, 6.45) is 1.57. The van der Waals surface area contributed by atoms with E-state index in [2.05, 4.69) is 22.5 Å². The van der Waals surface area contributed by atoms with Crippen molar-refractivity contribution in [3.8, 4) is 0 Å². The average Bonchev–Trinajstić information content (AvgIpc) is 2.08. The van der Waals surface area contributed by atoms with Gasteiger partial charge in [0.1, 0.15) is 5.82 Å². The van der Waals surface area contributed by atoms with E-state index in [-0.39, 0.29) is 11.9 Å². The maximum Gasteiger partial charge on any atom is 0.123 e. The molecule has 2 N–H and O–H groups in total. The summed E-state index contributed by atoms with van der Waals surface area (Å²) in [5, 5.41) is 0. The lowest BCUT2D eigenvalue weighted by Gasteiger charge is -2.08. The third kappa shape index (κ3) is 1.93. The van der Waals surface area contributed by atoms with E-state index < -0.39 is 0 Å². The molecule has 1 nitrogen and oxygen atoms in total. The van der Waals surface area contributed by atoms with Gasteiger partial charge < -0.3 is 5.73 Å². The molecule has 0 heterocycles. The van der Waals surface area contributed by atoms with Crippen LogP contribution in [0.3, 0.4) is 0 Å². The minimum absolute atomic E-state index is 0.287. The second-order valence-electron chi connectivity index (χ2n) is 2.43. The van der Waals surface area contributed by atoms with Crippen LogP contribution >= 0.6 is 15.9 Å². The molecule has 1 aromatic carbocycles. The van der Waals surface area contributed by atoms with Crippen molar-refractivity contribution in [3.63, 3.8) is 0 Å². The van der Waals surface area contributed by atoms with E-state index >= 15 is 0 Å². The van der Waals surface area contributed by atoms with Gasteiger partial charge in [0.05, 0.1) is 0 Å². The Bertz CT molecular complexity index is 299. The Kier molecular flexibility index (Phi) is 3.00. The van der Waals surface area contributed by atoms with Crippen LogP contribution in [0.1, 0.15) is 11.6 Å². The van der Waals surface area contributed by atoms with Crippen molar-refractivity contribution in [1.29, 1.82) is 0 Å². The van der Waals surface area contributed by atoms with Crippen LogP contribution in [-0.2, 0) is 0 Å². The molecule has 0 aliphatic heterocycles. The molecule has 1 atom stereocenters. The van der Waals surface area contributed by atoms with Gasteiger partial charge >= 0.3 is 0 Å². The summed E-state index contributed by atoms with van der Waals surface area (Å²) in [6.45, 7) is 3.54. The Labute approximate surface area is 79.2 Å². The highest BCUT2D eigenvalue weighted by atomic mass is 79.9. The third-order valence-electron chi connectivity index (χ3n) is 1.57. The number of rotatable bonds is 2. The SMILES string of the molecule is C=CC(N)c1cc(F)ccc1Br. The molecule has 1 unspecified atom stereocenters. The normalized spacial score (nSPS) is 12.6. The molecule has 0 saturated heterocycles. The van der Waals surface area contributed by atoms with E-state index in [4.69, 9.17) is 5.73 Å². The summed E-state index contributed by atoms with van der Waals surface area (Å²) < 4.78 is 13.5. The summed E-state index contributed by atoms with van der Waals surface area (Å²) in [5.41, 5.74) is 6.36. The summed E-state index contributed by atoms with van der Waals surface area (Å²) in [4.78, 5) is 0. The zero-order valence-corrected chi connectivity index (χ0v) is 8.01. The molecule has 1 aromatic rings. The fourth-order valence-corrected chi connectivity index (χ4v) is 1.41. The lowest BCUT2D eigenvalue weighted by atomic mass is 10.1. The van der Waals surface area contributed by atoms with Crippen molar-refractivity contribution >= 4 is 15.9 Å². The van der Waals surface area contributed by atoms with Gasteiger partial charge in [-0.25, -0.2) is 4.39 Å². The van der Waals surface area contributed by atoms with Crippen molar-refractivity contribution in [1.82, 2.24) is 0 Å². The first-order valence-corrected chi connectivity index (χ1v) is 4.27. The van der Waals surface area contributed by atoms with Gasteiger partial charge in [0.25, 0.3) is 0 Å². The molecule has 12 heavy (non-hydrogen) atoms. The van der Waals surface area contributed by atoms with Crippen molar-refractivity contribution in [3.05, 3.63) is 46.7 Å². The third-order valence-corrected chi connectivity index (χ3v) is 2.29. The molecule has 64 valence electrons. The van der Waals surface area contributed by atoms with Crippen molar-refractivity contribution in [2.24, 2.45) is 5.73 Å². The van der Waals surface area contributed by atoms with Crippen LogP contribution in [-0.4, -0.2) is 0 Å². The fraction of sp³-hybridized carbons (Fsp3) is 0.111. The standard InChI is InChI=1S/C9H9BrFN/c1-2-9(12)7-5-6(11)3-4-8(7)10/h2-5,9H,1,12H2. The van der Waals surface area contributed by atoms with Crippen LogP contribution in [0.5, 0.6) is 0 Å². The van der Waals surface area contributed by atoms with Crippen molar-refractivity contribution in [2.45, 2.75) is 6.04 Å². The van der Waals surface area contributed by atoms with Gasteiger partial charge in [-0.05, 0) is 23.8 Å². The van der Waals surface area contributed by atoms with E-state index in [9.17, 15) is 4.39 Å². The van der Waals surface area contributed by atoms with Crippen LogP contribution in [0.15, 0.2) is 35.3 Å². The molecule has 0 aliphatic rings. The van der Waals surface area contributed by atoms with Gasteiger partial charge in [-0.2, -0.15) is 0 Å². The van der Waals surface area contributed by atoms with E-state index in [0.29, 0.717) is 5.56 Å². The number of hydrogen-bond acceptors (Lipinski definition) is 1. The van der Waals surface area contributed by atoms with Crippen LogP contribution < -0.4 is 5.73 Å². The Hall–Kier alpha value is -0.670. The highest BCUT2D eigenvalue weighted by molar-refractivity contribution is 9.10. The van der Waals surface area contributed by atoms with Crippen LogP contribution in [0.25, 0.3) is 0 Å². The number of hydrogen-bond donors (Lipinski definition) is 1. The number of nitrogens with two attached hydrogens (primary N) is 1. The minimum atomic E-state index is -0.324. The zero-order chi connectivity index (χ0) is 9.14. The lowest BCUT2D eigenvalue weighted by molar-refractivity contribution is 0.623. The molecule has 1 rings (SSSR count). The van der Waals surface area contributed by atoms with E-state index in [1.54, 1.807) is 12.1 Å². The topological polar surface area (TPSA) is 26.0 Å². The molecular formula is C9H9BrFN. The highest BCUT2D eigenvalue weighted by Crippen LogP contribution is 2.23. The average molecular weight is 230 g/mol. The first kappa shape index (κ1) is 9.42. The predicted molar refractivity (Wildman–Crippen MR) is 51.2 cm³/mol. The van der Waals surface area contributed by atoms with Crippen LogP contribution in [0.4, 0.5) is 4.39 Å². The molecule has 0 amide bonds. The molecule has 0 aliphatic carbocycles. The van der Waals surface area contributed by atoms with Gasteiger partial charge in [-0.3, -0.25) is 0 Å². The van der Waals surface area contributed by atoms with Gasteiger partial charge in [0, 0.05) is 10.5 Å². The van der Waals surface area contributed by atoms with E-state index in [0.717, 1.165) is 4.47 Å². The van der Waals surface area contributed by atoms with Gasteiger partial charge in [0.15, 0.2) is 0 Å². The van der Waals surface area contributed by atoms with Gasteiger partial charge in [0.2, 0.25) is 0 Å². The summed E-state index contributed by atoms with van der Waals surface area (Å²) >= 11 is 3.28. The fourth-order valence-electron chi connectivity index (χ4n) is 0.897. The van der Waals surface area contributed by atoms with Gasteiger partial charge in [-0.1, -0.05) is 22.0 Å². The summed E-state index contributed by atoms with van der Waals surface area (Å²) in [7, 11) is 0. The van der Waals surface area contributed by atoms with E-state index in [1.807, 2.05) is 0 Å². The molecule has 0 fully saturated rings. The first-order chi connectivity index (χ1) is 5.65. The Balaban J connectivity index is 3.12. The quantitative estimate of drug-likeness (QED) is 0.776. The predicted octanol–water partition coefficient (Wildman–Crippen LogP) is 2.77. The minimum Gasteiger partial charge on any atom is -0.321 e. The molecule has 0 radical (unpaired) electrons. The maximum atomic E-state index is 12.7. The Morgan fingerprint density at radius 3 is 2.83 bits per heavy atom. The van der Waals surface area contributed by atoms with Gasteiger partial charge in [-0.15, -0.1) is 6.58 Å². The largest absolute Gasteiger partial charge is 0.321 e.